The number of hydrogen-bond donors (Lipinski definition) is 3. The first kappa shape index (κ1) is 33.5. The largest absolute Gasteiger partial charge is 0.822 e. The van der Waals surface area contributed by atoms with Crippen LogP contribution >= 0.6 is 7.82 Å². The SMILES string of the molecule is CC(O)[N+](C)(C)C.CC(O)[N+](C)(C)C.CC(O)[N+](C)(C)C.O=P([O-])([O-])[O-]. The molecule has 0 radical (unpaired) electrons. The topological polar surface area (TPSA) is 147 Å². The third-order valence-corrected chi connectivity index (χ3v) is 3.36. The fraction of sp³-hybridized carbons (Fsp3) is 1.00. The van der Waals surface area contributed by atoms with Crippen LogP contribution in [0.15, 0.2) is 0 Å². The zero-order chi connectivity index (χ0) is 22.7. The molecule has 0 aliphatic rings. The zero-order valence-corrected chi connectivity index (χ0v) is 19.4. The molecule has 0 aromatic carbocycles. The lowest BCUT2D eigenvalue weighted by atomic mass is 10.5. The Morgan fingerprint density at radius 1 is 0.577 bits per heavy atom. The first-order valence-electron chi connectivity index (χ1n) is 8.04. The Balaban J connectivity index is -0.000000125. The lowest BCUT2D eigenvalue weighted by Gasteiger charge is -2.36. The van der Waals surface area contributed by atoms with Gasteiger partial charge in [-0.1, -0.05) is 0 Å². The van der Waals surface area contributed by atoms with Gasteiger partial charge in [-0.3, -0.25) is 0 Å². The maximum atomic E-state index is 8.86. The molecule has 164 valence electrons. The molecule has 0 heterocycles. The number of nitrogens with zero attached hydrogens (tertiary/aromatic N) is 3. The van der Waals surface area contributed by atoms with Gasteiger partial charge in [0.1, 0.15) is 0 Å². The van der Waals surface area contributed by atoms with E-state index in [1.54, 1.807) is 20.8 Å². The molecule has 11 heteroatoms. The van der Waals surface area contributed by atoms with Crippen molar-refractivity contribution in [3.63, 3.8) is 0 Å². The molecule has 3 unspecified atom stereocenters. The zero-order valence-electron chi connectivity index (χ0n) is 18.5. The van der Waals surface area contributed by atoms with Gasteiger partial charge in [0.05, 0.1) is 63.4 Å². The Morgan fingerprint density at radius 2 is 0.615 bits per heavy atom. The molecule has 0 aliphatic carbocycles. The van der Waals surface area contributed by atoms with Crippen LogP contribution in [-0.2, 0) is 4.57 Å². The van der Waals surface area contributed by atoms with Crippen molar-refractivity contribution in [2.24, 2.45) is 0 Å². The van der Waals surface area contributed by atoms with Crippen LogP contribution in [0.5, 0.6) is 0 Å². The van der Waals surface area contributed by atoms with E-state index in [0.717, 1.165) is 0 Å². The van der Waals surface area contributed by atoms with Gasteiger partial charge < -0.3 is 48.0 Å². The number of rotatable bonds is 3. The summed E-state index contributed by atoms with van der Waals surface area (Å²) in [5.41, 5.74) is 0. The van der Waals surface area contributed by atoms with Crippen LogP contribution in [0.3, 0.4) is 0 Å². The van der Waals surface area contributed by atoms with E-state index in [2.05, 4.69) is 0 Å². The highest BCUT2D eigenvalue weighted by atomic mass is 31.2. The summed E-state index contributed by atoms with van der Waals surface area (Å²) in [4.78, 5) is 25.6. The van der Waals surface area contributed by atoms with Crippen molar-refractivity contribution in [1.29, 1.82) is 0 Å². The van der Waals surface area contributed by atoms with Crippen LogP contribution < -0.4 is 14.7 Å². The van der Waals surface area contributed by atoms with E-state index in [1.165, 1.54) is 0 Å². The van der Waals surface area contributed by atoms with Crippen LogP contribution in [-0.4, -0.2) is 111 Å². The summed E-state index contributed by atoms with van der Waals surface area (Å²) in [6.07, 6.45) is -0.792. The van der Waals surface area contributed by atoms with Crippen molar-refractivity contribution in [2.45, 2.75) is 39.5 Å². The molecule has 0 bridgehead atoms. The molecule has 0 fully saturated rings. The van der Waals surface area contributed by atoms with E-state index in [9.17, 15) is 0 Å². The van der Waals surface area contributed by atoms with E-state index in [-0.39, 0.29) is 18.7 Å². The minimum absolute atomic E-state index is 0.264. The molecule has 10 nitrogen and oxygen atoms in total. The van der Waals surface area contributed by atoms with Crippen molar-refractivity contribution in [2.75, 3.05) is 63.4 Å². The molecule has 3 atom stereocenters. The third kappa shape index (κ3) is 39.1. The predicted molar refractivity (Wildman–Crippen MR) is 96.7 cm³/mol. The molecular weight excluding hydrogens is 365 g/mol. The summed E-state index contributed by atoms with van der Waals surface area (Å²) >= 11 is 0. The van der Waals surface area contributed by atoms with Crippen LogP contribution in [0, 0.1) is 0 Å². The van der Waals surface area contributed by atoms with Crippen LogP contribution in [0.1, 0.15) is 20.8 Å². The Labute approximate surface area is 159 Å². The number of aliphatic hydroxyl groups excluding tert-OH is 3. The van der Waals surface area contributed by atoms with Crippen molar-refractivity contribution in [1.82, 2.24) is 0 Å². The molecule has 0 spiro atoms. The van der Waals surface area contributed by atoms with Crippen LogP contribution in [0.4, 0.5) is 0 Å². The average Bonchev–Trinajstić information content (AvgIpc) is 2.23. The third-order valence-electron chi connectivity index (χ3n) is 3.36. The highest BCUT2D eigenvalue weighted by Gasteiger charge is 2.13. The molecule has 0 aromatic heterocycles. The van der Waals surface area contributed by atoms with Gasteiger partial charge in [-0.25, -0.2) is 0 Å². The van der Waals surface area contributed by atoms with E-state index in [1.807, 2.05) is 63.4 Å². The summed E-state index contributed by atoms with van der Waals surface area (Å²) in [7, 11) is 12.2. The minimum atomic E-state index is -5.39. The summed E-state index contributed by atoms with van der Waals surface area (Å²) in [5.74, 6) is 0. The second-order valence-corrected chi connectivity index (χ2v) is 9.59. The predicted octanol–water partition coefficient (Wildman–Crippen LogP) is -2.73. The highest BCUT2D eigenvalue weighted by molar-refractivity contribution is 7.40. The van der Waals surface area contributed by atoms with Crippen molar-refractivity contribution >= 4 is 7.82 Å². The summed E-state index contributed by atoms with van der Waals surface area (Å²) in [6.45, 7) is 5.33. The highest BCUT2D eigenvalue weighted by Crippen LogP contribution is 2.03. The molecule has 0 aliphatic heterocycles. The summed E-state index contributed by atoms with van der Waals surface area (Å²) in [5, 5.41) is 26.6. The van der Waals surface area contributed by atoms with Crippen molar-refractivity contribution in [3.8, 4) is 0 Å². The van der Waals surface area contributed by atoms with Crippen molar-refractivity contribution < 1.29 is 48.0 Å². The molecule has 3 N–H and O–H groups in total. The fourth-order valence-electron chi connectivity index (χ4n) is 0. The van der Waals surface area contributed by atoms with Gasteiger partial charge in [0.15, 0.2) is 18.7 Å². The van der Waals surface area contributed by atoms with Gasteiger partial charge in [0, 0.05) is 20.8 Å². The molecule has 0 rings (SSSR count). The van der Waals surface area contributed by atoms with Crippen LogP contribution in [0.25, 0.3) is 0 Å². The van der Waals surface area contributed by atoms with E-state index < -0.39 is 7.82 Å². The van der Waals surface area contributed by atoms with Gasteiger partial charge >= 0.3 is 0 Å². The van der Waals surface area contributed by atoms with E-state index in [0.29, 0.717) is 13.4 Å². The summed E-state index contributed by atoms with van der Waals surface area (Å²) in [6, 6.07) is 0. The Kier molecular flexibility index (Phi) is 16.9. The van der Waals surface area contributed by atoms with Gasteiger partial charge in [-0.15, -0.1) is 0 Å². The molecule has 0 saturated carbocycles. The first-order valence-corrected chi connectivity index (χ1v) is 9.50. The molecule has 26 heavy (non-hydrogen) atoms. The smallest absolute Gasteiger partial charge is 0.187 e. The van der Waals surface area contributed by atoms with E-state index in [4.69, 9.17) is 34.6 Å². The number of phosphoric acid groups is 1. The maximum absolute atomic E-state index is 8.86. The Morgan fingerprint density at radius 3 is 0.615 bits per heavy atom. The standard InChI is InChI=1S/3C5H14NO.H3O4P/c3*1-5(7)6(2,3)4;1-5(2,3)4/h3*5,7H,1-4H3;(H3,1,2,3,4)/q3*+1;/p-3. The number of quaternary nitrogens is 3. The summed E-state index contributed by atoms with van der Waals surface area (Å²) < 4.78 is 10.4. The van der Waals surface area contributed by atoms with Crippen LogP contribution in [0.2, 0.25) is 0 Å². The van der Waals surface area contributed by atoms with Gasteiger partial charge in [0.2, 0.25) is 0 Å². The average molecular weight is 407 g/mol. The molecule has 0 saturated heterocycles. The quantitative estimate of drug-likeness (QED) is 0.261. The first-order chi connectivity index (χ1) is 10.8. The molecular formula is C15H42N3O7P. The Bertz CT molecular complexity index is 327. The number of aliphatic hydroxyl groups is 3. The molecule has 0 amide bonds. The molecule has 0 aromatic rings. The second kappa shape index (κ2) is 13.1. The van der Waals surface area contributed by atoms with Crippen molar-refractivity contribution in [3.05, 3.63) is 0 Å². The lowest BCUT2D eigenvalue weighted by Crippen LogP contribution is -2.42. The Hall–Kier alpha value is -0.130. The fourth-order valence-corrected chi connectivity index (χ4v) is 0. The maximum Gasteiger partial charge on any atom is 0.187 e. The monoisotopic (exact) mass is 407 g/mol. The van der Waals surface area contributed by atoms with Gasteiger partial charge in [-0.05, 0) is 0 Å². The van der Waals surface area contributed by atoms with Gasteiger partial charge in [0.25, 0.3) is 0 Å². The normalized spacial score (nSPS) is 15.8. The van der Waals surface area contributed by atoms with Gasteiger partial charge in [-0.2, -0.15) is 7.82 Å². The lowest BCUT2D eigenvalue weighted by molar-refractivity contribution is -0.916. The second-order valence-electron chi connectivity index (χ2n) is 8.69. The minimum Gasteiger partial charge on any atom is -0.822 e. The van der Waals surface area contributed by atoms with E-state index >= 15 is 0 Å². The number of hydrogen-bond acceptors (Lipinski definition) is 7.